The Morgan fingerprint density at radius 1 is 0.857 bits per heavy atom. The molecule has 0 bridgehead atoms. The van der Waals surface area contributed by atoms with E-state index in [9.17, 15) is 14.4 Å². The van der Waals surface area contributed by atoms with Gasteiger partial charge in [-0.05, 0) is 48.2 Å². The summed E-state index contributed by atoms with van der Waals surface area (Å²) in [7, 11) is 0. The summed E-state index contributed by atoms with van der Waals surface area (Å²) in [5.74, 6) is -0.863. The highest BCUT2D eigenvalue weighted by Gasteiger charge is 2.11. The Hall–Kier alpha value is -3.45. The lowest BCUT2D eigenvalue weighted by molar-refractivity contribution is -0.115. The van der Waals surface area contributed by atoms with Crippen LogP contribution in [-0.2, 0) is 4.79 Å². The molecule has 142 valence electrons. The minimum atomic E-state index is -0.358. The first-order valence-corrected chi connectivity index (χ1v) is 9.49. The molecule has 0 saturated carbocycles. The van der Waals surface area contributed by atoms with E-state index < -0.39 is 0 Å². The molecule has 1 aromatic heterocycles. The lowest BCUT2D eigenvalue weighted by atomic mass is 10.1. The van der Waals surface area contributed by atoms with Crippen molar-refractivity contribution in [2.75, 3.05) is 17.2 Å². The van der Waals surface area contributed by atoms with Gasteiger partial charge in [0, 0.05) is 16.9 Å². The first-order valence-electron chi connectivity index (χ1n) is 8.61. The van der Waals surface area contributed by atoms with Crippen molar-refractivity contribution < 1.29 is 14.4 Å². The molecule has 3 amide bonds. The van der Waals surface area contributed by atoms with E-state index >= 15 is 0 Å². The molecule has 0 aliphatic rings. The maximum absolute atomic E-state index is 12.2. The monoisotopic (exact) mass is 393 g/mol. The molecule has 3 aromatic rings. The SMILES string of the molecule is Cc1ccccc1C(=O)NCC(=O)Nc1cccc(NC(=O)c2cccs2)c1. The van der Waals surface area contributed by atoms with Crippen LogP contribution in [0.15, 0.2) is 66.0 Å². The summed E-state index contributed by atoms with van der Waals surface area (Å²) in [5.41, 5.74) is 2.47. The summed E-state index contributed by atoms with van der Waals surface area (Å²) in [6, 6.07) is 17.6. The smallest absolute Gasteiger partial charge is 0.265 e. The van der Waals surface area contributed by atoms with E-state index in [1.54, 1.807) is 48.5 Å². The molecular weight excluding hydrogens is 374 g/mol. The second-order valence-corrected chi connectivity index (χ2v) is 7.01. The van der Waals surface area contributed by atoms with Crippen LogP contribution in [0.5, 0.6) is 0 Å². The van der Waals surface area contributed by atoms with E-state index in [1.165, 1.54) is 11.3 Å². The van der Waals surface area contributed by atoms with Gasteiger partial charge in [-0.15, -0.1) is 11.3 Å². The summed E-state index contributed by atoms with van der Waals surface area (Å²) in [6.07, 6.45) is 0. The van der Waals surface area contributed by atoms with Crippen molar-refractivity contribution in [1.82, 2.24) is 5.32 Å². The Morgan fingerprint density at radius 3 is 2.32 bits per heavy atom. The van der Waals surface area contributed by atoms with Crippen LogP contribution in [0.25, 0.3) is 0 Å². The molecule has 0 unspecified atom stereocenters. The standard InChI is InChI=1S/C21H19N3O3S/c1-14-6-2-3-9-17(14)20(26)22-13-19(25)23-15-7-4-8-16(12-15)24-21(27)18-10-5-11-28-18/h2-12H,13H2,1H3,(H,22,26)(H,23,25)(H,24,27). The third-order valence-corrected chi connectivity index (χ3v) is 4.82. The predicted octanol–water partition coefficient (Wildman–Crippen LogP) is 3.68. The summed E-state index contributed by atoms with van der Waals surface area (Å²) in [4.78, 5) is 37.0. The summed E-state index contributed by atoms with van der Waals surface area (Å²) in [5, 5.41) is 9.93. The van der Waals surface area contributed by atoms with E-state index in [-0.39, 0.29) is 24.3 Å². The van der Waals surface area contributed by atoms with Gasteiger partial charge in [0.15, 0.2) is 0 Å². The molecule has 0 aliphatic heterocycles. The first kappa shape index (κ1) is 19.3. The molecule has 1 heterocycles. The number of carbonyl (C=O) groups excluding carboxylic acids is 3. The highest BCUT2D eigenvalue weighted by Crippen LogP contribution is 2.17. The predicted molar refractivity (Wildman–Crippen MR) is 111 cm³/mol. The van der Waals surface area contributed by atoms with Gasteiger partial charge in [0.1, 0.15) is 0 Å². The van der Waals surface area contributed by atoms with Gasteiger partial charge in [-0.3, -0.25) is 14.4 Å². The van der Waals surface area contributed by atoms with E-state index in [4.69, 9.17) is 0 Å². The van der Waals surface area contributed by atoms with E-state index in [0.717, 1.165) is 5.56 Å². The maximum Gasteiger partial charge on any atom is 0.265 e. The molecule has 6 nitrogen and oxygen atoms in total. The molecular formula is C21H19N3O3S. The van der Waals surface area contributed by atoms with Crippen LogP contribution in [0.1, 0.15) is 25.6 Å². The van der Waals surface area contributed by atoms with Crippen molar-refractivity contribution in [1.29, 1.82) is 0 Å². The van der Waals surface area contributed by atoms with Gasteiger partial charge in [0.05, 0.1) is 11.4 Å². The summed E-state index contributed by atoms with van der Waals surface area (Å²) >= 11 is 1.35. The number of nitrogens with one attached hydrogen (secondary N) is 3. The maximum atomic E-state index is 12.2. The van der Waals surface area contributed by atoms with E-state index in [0.29, 0.717) is 21.8 Å². The van der Waals surface area contributed by atoms with Crippen molar-refractivity contribution >= 4 is 40.4 Å². The Bertz CT molecular complexity index is 1000. The summed E-state index contributed by atoms with van der Waals surface area (Å²) < 4.78 is 0. The van der Waals surface area contributed by atoms with Crippen molar-refractivity contribution in [2.24, 2.45) is 0 Å². The number of carbonyl (C=O) groups is 3. The third-order valence-electron chi connectivity index (χ3n) is 3.95. The largest absolute Gasteiger partial charge is 0.343 e. The fourth-order valence-electron chi connectivity index (χ4n) is 2.56. The minimum Gasteiger partial charge on any atom is -0.343 e. The van der Waals surface area contributed by atoms with Crippen molar-refractivity contribution in [3.63, 3.8) is 0 Å². The highest BCUT2D eigenvalue weighted by atomic mass is 32.1. The molecule has 0 spiro atoms. The van der Waals surface area contributed by atoms with Crippen LogP contribution in [0.2, 0.25) is 0 Å². The lowest BCUT2D eigenvalue weighted by Crippen LogP contribution is -2.33. The van der Waals surface area contributed by atoms with E-state index in [1.807, 2.05) is 24.4 Å². The van der Waals surface area contributed by atoms with Gasteiger partial charge >= 0.3 is 0 Å². The number of aryl methyl sites for hydroxylation is 1. The van der Waals surface area contributed by atoms with Crippen LogP contribution in [0, 0.1) is 6.92 Å². The number of benzene rings is 2. The van der Waals surface area contributed by atoms with Crippen molar-refractivity contribution in [3.05, 3.63) is 82.0 Å². The molecule has 0 radical (unpaired) electrons. The molecule has 3 N–H and O–H groups in total. The van der Waals surface area contributed by atoms with Gasteiger partial charge in [-0.2, -0.15) is 0 Å². The Balaban J connectivity index is 1.55. The lowest BCUT2D eigenvalue weighted by Gasteiger charge is -2.10. The first-order chi connectivity index (χ1) is 13.5. The second-order valence-electron chi connectivity index (χ2n) is 6.06. The normalized spacial score (nSPS) is 10.2. The summed E-state index contributed by atoms with van der Waals surface area (Å²) in [6.45, 7) is 1.68. The Morgan fingerprint density at radius 2 is 1.61 bits per heavy atom. The van der Waals surface area contributed by atoms with Crippen molar-refractivity contribution in [2.45, 2.75) is 6.92 Å². The molecule has 0 aliphatic carbocycles. The average Bonchev–Trinajstić information content (AvgIpc) is 3.22. The Labute approximate surface area is 166 Å². The Kier molecular flexibility index (Phi) is 6.18. The molecule has 3 rings (SSSR count). The highest BCUT2D eigenvalue weighted by molar-refractivity contribution is 7.12. The number of amides is 3. The number of hydrogen-bond acceptors (Lipinski definition) is 4. The van der Waals surface area contributed by atoms with Crippen LogP contribution in [0.3, 0.4) is 0 Å². The number of anilines is 2. The topological polar surface area (TPSA) is 87.3 Å². The van der Waals surface area contributed by atoms with Crippen molar-refractivity contribution in [3.8, 4) is 0 Å². The zero-order valence-corrected chi connectivity index (χ0v) is 16.0. The minimum absolute atomic E-state index is 0.154. The third kappa shape index (κ3) is 5.05. The quantitative estimate of drug-likeness (QED) is 0.597. The van der Waals surface area contributed by atoms with Crippen LogP contribution in [0.4, 0.5) is 11.4 Å². The number of rotatable bonds is 6. The molecule has 0 saturated heterocycles. The number of hydrogen-bond donors (Lipinski definition) is 3. The molecule has 0 atom stereocenters. The van der Waals surface area contributed by atoms with Crippen LogP contribution >= 0.6 is 11.3 Å². The van der Waals surface area contributed by atoms with Gasteiger partial charge < -0.3 is 16.0 Å². The molecule has 0 fully saturated rings. The van der Waals surface area contributed by atoms with Gasteiger partial charge in [-0.1, -0.05) is 30.3 Å². The second kappa shape index (κ2) is 8.96. The van der Waals surface area contributed by atoms with Crippen LogP contribution < -0.4 is 16.0 Å². The average molecular weight is 393 g/mol. The zero-order chi connectivity index (χ0) is 19.9. The van der Waals surface area contributed by atoms with Gasteiger partial charge in [0.2, 0.25) is 5.91 Å². The number of thiophene rings is 1. The fourth-order valence-corrected chi connectivity index (χ4v) is 3.18. The fraction of sp³-hybridized carbons (Fsp3) is 0.0952. The zero-order valence-electron chi connectivity index (χ0n) is 15.2. The molecule has 7 heteroatoms. The van der Waals surface area contributed by atoms with Crippen LogP contribution in [-0.4, -0.2) is 24.3 Å². The molecule has 28 heavy (non-hydrogen) atoms. The molecule has 2 aromatic carbocycles. The van der Waals surface area contributed by atoms with Gasteiger partial charge in [0.25, 0.3) is 11.8 Å². The van der Waals surface area contributed by atoms with E-state index in [2.05, 4.69) is 16.0 Å². The van der Waals surface area contributed by atoms with Gasteiger partial charge in [-0.25, -0.2) is 0 Å².